The Hall–Kier alpha value is -5.03. The molecule has 41 heavy (non-hydrogen) atoms. The number of nitrogens with zero attached hydrogens (tertiary/aromatic N) is 2. The van der Waals surface area contributed by atoms with E-state index in [-0.39, 0.29) is 28.3 Å². The SMILES string of the molecule is CCS(=O)(=O)Nc1cc2oc(-c3ccc(F)cc3)c(C(=O)NC)c2cc1-c1cccc(-c2nc3ncccc3o2)c1. The molecule has 0 bridgehead atoms. The fourth-order valence-electron chi connectivity index (χ4n) is 4.57. The quantitative estimate of drug-likeness (QED) is 0.233. The van der Waals surface area contributed by atoms with Crippen molar-refractivity contribution < 1.29 is 26.4 Å². The second kappa shape index (κ2) is 10.2. The summed E-state index contributed by atoms with van der Waals surface area (Å²) in [6, 6.07) is 19.6. The molecule has 0 spiro atoms. The van der Waals surface area contributed by atoms with Gasteiger partial charge < -0.3 is 14.2 Å². The van der Waals surface area contributed by atoms with Crippen LogP contribution in [0.5, 0.6) is 0 Å². The number of nitrogens with one attached hydrogen (secondary N) is 2. The molecule has 0 radical (unpaired) electrons. The summed E-state index contributed by atoms with van der Waals surface area (Å²) < 4.78 is 53.6. The lowest BCUT2D eigenvalue weighted by Crippen LogP contribution is -2.18. The highest BCUT2D eigenvalue weighted by Gasteiger charge is 2.25. The predicted octanol–water partition coefficient (Wildman–Crippen LogP) is 6.23. The van der Waals surface area contributed by atoms with Gasteiger partial charge in [-0.05, 0) is 67.1 Å². The van der Waals surface area contributed by atoms with Gasteiger partial charge in [0, 0.05) is 41.4 Å². The van der Waals surface area contributed by atoms with Gasteiger partial charge >= 0.3 is 0 Å². The van der Waals surface area contributed by atoms with Gasteiger partial charge in [-0.15, -0.1) is 0 Å². The maximum absolute atomic E-state index is 13.6. The van der Waals surface area contributed by atoms with E-state index in [1.807, 2.05) is 18.2 Å². The molecule has 0 aliphatic heterocycles. The van der Waals surface area contributed by atoms with Gasteiger partial charge in [-0.2, -0.15) is 4.98 Å². The lowest BCUT2D eigenvalue weighted by molar-refractivity contribution is 0.0964. The molecule has 2 N–H and O–H groups in total. The van der Waals surface area contributed by atoms with E-state index in [9.17, 15) is 17.6 Å². The number of furan rings is 1. The summed E-state index contributed by atoms with van der Waals surface area (Å²) in [5.74, 6) is -0.412. The molecule has 9 nitrogen and oxygen atoms in total. The van der Waals surface area contributed by atoms with Crippen molar-refractivity contribution in [1.29, 1.82) is 0 Å². The highest BCUT2D eigenvalue weighted by molar-refractivity contribution is 7.92. The maximum atomic E-state index is 13.6. The zero-order valence-corrected chi connectivity index (χ0v) is 22.8. The number of carbonyl (C=O) groups excluding carboxylic acids is 1. The summed E-state index contributed by atoms with van der Waals surface area (Å²) in [6.07, 6.45) is 1.63. The van der Waals surface area contributed by atoms with Crippen molar-refractivity contribution in [3.63, 3.8) is 0 Å². The number of aromatic nitrogens is 2. The van der Waals surface area contributed by atoms with Crippen molar-refractivity contribution in [2.45, 2.75) is 6.92 Å². The molecule has 0 aliphatic carbocycles. The van der Waals surface area contributed by atoms with E-state index in [0.717, 1.165) is 0 Å². The molecule has 0 unspecified atom stereocenters. The van der Waals surface area contributed by atoms with E-state index >= 15 is 0 Å². The van der Waals surface area contributed by atoms with Gasteiger partial charge in [-0.1, -0.05) is 12.1 Å². The Morgan fingerprint density at radius 2 is 1.71 bits per heavy atom. The van der Waals surface area contributed by atoms with Gasteiger partial charge in [-0.25, -0.2) is 17.8 Å². The number of pyridine rings is 1. The average molecular weight is 571 g/mol. The number of oxazole rings is 1. The van der Waals surface area contributed by atoms with Crippen molar-refractivity contribution in [2.24, 2.45) is 0 Å². The minimum Gasteiger partial charge on any atom is -0.455 e. The third kappa shape index (κ3) is 4.91. The number of amides is 1. The van der Waals surface area contributed by atoms with Crippen LogP contribution in [0.4, 0.5) is 10.1 Å². The number of sulfonamides is 1. The van der Waals surface area contributed by atoms with Crippen molar-refractivity contribution in [3.05, 3.63) is 90.4 Å². The highest BCUT2D eigenvalue weighted by Crippen LogP contribution is 2.41. The molecule has 3 aromatic carbocycles. The highest BCUT2D eigenvalue weighted by atomic mass is 32.2. The number of carbonyl (C=O) groups is 1. The summed E-state index contributed by atoms with van der Waals surface area (Å²) in [6.45, 7) is 1.53. The molecule has 6 rings (SSSR count). The Labute approximate surface area is 234 Å². The Kier molecular flexibility index (Phi) is 6.50. The lowest BCUT2D eigenvalue weighted by atomic mass is 9.97. The molecule has 6 aromatic rings. The molecular formula is C30H23FN4O5S. The van der Waals surface area contributed by atoms with Gasteiger partial charge in [0.2, 0.25) is 15.9 Å². The topological polar surface area (TPSA) is 127 Å². The minimum absolute atomic E-state index is 0.150. The van der Waals surface area contributed by atoms with Crippen LogP contribution in [0.3, 0.4) is 0 Å². The summed E-state index contributed by atoms with van der Waals surface area (Å²) in [7, 11) is -2.19. The molecule has 11 heteroatoms. The van der Waals surface area contributed by atoms with Crippen LogP contribution < -0.4 is 10.0 Å². The van der Waals surface area contributed by atoms with Crippen LogP contribution in [-0.2, 0) is 10.0 Å². The molecule has 3 aromatic heterocycles. The Balaban J connectivity index is 1.58. The van der Waals surface area contributed by atoms with E-state index in [1.54, 1.807) is 36.5 Å². The minimum atomic E-state index is -3.68. The number of benzene rings is 3. The lowest BCUT2D eigenvalue weighted by Gasteiger charge is -2.13. The molecule has 0 atom stereocenters. The number of halogens is 1. The Bertz CT molecular complexity index is 2020. The fraction of sp³-hybridized carbons (Fsp3) is 0.100. The van der Waals surface area contributed by atoms with Gasteiger partial charge in [-0.3, -0.25) is 9.52 Å². The third-order valence-corrected chi connectivity index (χ3v) is 7.91. The fourth-order valence-corrected chi connectivity index (χ4v) is 5.22. The molecule has 0 aliphatic rings. The Morgan fingerprint density at radius 1 is 0.927 bits per heavy atom. The average Bonchev–Trinajstić information content (AvgIpc) is 3.58. The summed E-state index contributed by atoms with van der Waals surface area (Å²) in [5, 5.41) is 3.09. The number of rotatable bonds is 7. The summed E-state index contributed by atoms with van der Waals surface area (Å²) in [5.41, 5.74) is 4.06. The van der Waals surface area contributed by atoms with Crippen LogP contribution in [0.25, 0.3) is 56.1 Å². The van der Waals surface area contributed by atoms with Crippen molar-refractivity contribution in [1.82, 2.24) is 15.3 Å². The molecule has 206 valence electrons. The van der Waals surface area contributed by atoms with Crippen LogP contribution in [-0.4, -0.2) is 37.1 Å². The van der Waals surface area contributed by atoms with E-state index in [0.29, 0.717) is 44.8 Å². The van der Waals surface area contributed by atoms with Crippen LogP contribution in [0, 0.1) is 5.82 Å². The molecule has 0 saturated heterocycles. The largest absolute Gasteiger partial charge is 0.455 e. The standard InChI is InChI=1S/C30H23FN4O5S/c1-3-41(37,38)35-23-16-25-22(26(29(36)32-2)27(39-25)17-9-11-20(31)12-10-17)15-21(23)18-6-4-7-19(14-18)30-34-28-24(40-30)8-5-13-33-28/h4-16,35H,3H2,1-2H3,(H,32,36). The number of fused-ring (bicyclic) bond motifs is 2. The van der Waals surface area contributed by atoms with Crippen molar-refractivity contribution >= 4 is 43.8 Å². The third-order valence-electron chi connectivity index (χ3n) is 6.62. The summed E-state index contributed by atoms with van der Waals surface area (Å²) >= 11 is 0. The van der Waals surface area contributed by atoms with E-state index in [1.165, 1.54) is 38.2 Å². The van der Waals surface area contributed by atoms with E-state index in [2.05, 4.69) is 20.0 Å². The van der Waals surface area contributed by atoms with Gasteiger partial charge in [0.1, 0.15) is 17.2 Å². The van der Waals surface area contributed by atoms with Crippen LogP contribution >= 0.6 is 0 Å². The zero-order valence-electron chi connectivity index (χ0n) is 21.9. The zero-order chi connectivity index (χ0) is 28.7. The molecule has 0 fully saturated rings. The Morgan fingerprint density at radius 3 is 2.44 bits per heavy atom. The first kappa shape index (κ1) is 26.2. The second-order valence-electron chi connectivity index (χ2n) is 9.22. The number of hydrogen-bond donors (Lipinski definition) is 2. The van der Waals surface area contributed by atoms with Crippen LogP contribution in [0.1, 0.15) is 17.3 Å². The summed E-state index contributed by atoms with van der Waals surface area (Å²) in [4.78, 5) is 21.8. The number of anilines is 1. The van der Waals surface area contributed by atoms with Crippen LogP contribution in [0.2, 0.25) is 0 Å². The molecule has 0 saturated carbocycles. The molecular weight excluding hydrogens is 547 g/mol. The van der Waals surface area contributed by atoms with Crippen molar-refractivity contribution in [2.75, 3.05) is 17.5 Å². The number of hydrogen-bond acceptors (Lipinski definition) is 7. The van der Waals surface area contributed by atoms with Crippen molar-refractivity contribution in [3.8, 4) is 33.9 Å². The van der Waals surface area contributed by atoms with E-state index in [4.69, 9.17) is 8.83 Å². The first-order valence-corrected chi connectivity index (χ1v) is 14.3. The van der Waals surface area contributed by atoms with E-state index < -0.39 is 21.7 Å². The van der Waals surface area contributed by atoms with Crippen LogP contribution in [0.15, 0.2) is 87.8 Å². The second-order valence-corrected chi connectivity index (χ2v) is 11.2. The molecule has 3 heterocycles. The van der Waals surface area contributed by atoms with Gasteiger partial charge in [0.05, 0.1) is 17.0 Å². The van der Waals surface area contributed by atoms with Gasteiger partial charge in [0.15, 0.2) is 11.2 Å². The first-order chi connectivity index (χ1) is 19.8. The monoisotopic (exact) mass is 570 g/mol. The maximum Gasteiger partial charge on any atom is 0.255 e. The molecule has 1 amide bonds. The normalized spacial score (nSPS) is 11.7. The van der Waals surface area contributed by atoms with Gasteiger partial charge in [0.25, 0.3) is 5.91 Å². The predicted molar refractivity (Wildman–Crippen MR) is 154 cm³/mol. The smallest absolute Gasteiger partial charge is 0.255 e. The first-order valence-electron chi connectivity index (χ1n) is 12.7.